The number of ether oxygens (including phenoxy) is 1. The van der Waals surface area contributed by atoms with Crippen molar-refractivity contribution in [3.05, 3.63) is 70.2 Å². The van der Waals surface area contributed by atoms with Gasteiger partial charge in [0.25, 0.3) is 11.8 Å². The maximum absolute atomic E-state index is 13.8. The topological polar surface area (TPSA) is 96.0 Å². The van der Waals surface area contributed by atoms with Gasteiger partial charge in [0, 0.05) is 17.2 Å². The van der Waals surface area contributed by atoms with Gasteiger partial charge in [0.15, 0.2) is 0 Å². The van der Waals surface area contributed by atoms with Crippen LogP contribution in [-0.2, 0) is 25.7 Å². The van der Waals surface area contributed by atoms with E-state index in [1.807, 2.05) is 18.2 Å². The van der Waals surface area contributed by atoms with Crippen LogP contribution in [0.5, 0.6) is 0 Å². The third kappa shape index (κ3) is 5.89. The Kier molecular flexibility index (Phi) is 7.97. The molecule has 2 atom stereocenters. The predicted octanol–water partition coefficient (Wildman–Crippen LogP) is 4.00. The van der Waals surface area contributed by atoms with Gasteiger partial charge in [0.2, 0.25) is 12.1 Å². The lowest BCUT2D eigenvalue weighted by molar-refractivity contribution is -0.149. The molecule has 5 amide bonds. The first-order valence-electron chi connectivity index (χ1n) is 11.4. The highest BCUT2D eigenvalue weighted by molar-refractivity contribution is 6.32. The van der Waals surface area contributed by atoms with Crippen LogP contribution in [0, 0.1) is 6.92 Å². The van der Waals surface area contributed by atoms with Gasteiger partial charge in [-0.1, -0.05) is 59.6 Å². The highest BCUT2D eigenvalue weighted by atomic mass is 35.5. The van der Waals surface area contributed by atoms with Gasteiger partial charge in [0.1, 0.15) is 5.92 Å². The molecular formula is C26H30ClN3O5. The second-order valence-corrected chi connectivity index (χ2v) is 9.82. The zero-order valence-electron chi connectivity index (χ0n) is 20.5. The Bertz CT molecular complexity index is 1130. The number of hydrogen-bond acceptors (Lipinski definition) is 5. The number of carbonyl (C=O) groups is 4. The van der Waals surface area contributed by atoms with Gasteiger partial charge in [-0.3, -0.25) is 19.3 Å². The number of rotatable bonds is 7. The van der Waals surface area contributed by atoms with Crippen LogP contribution in [-0.4, -0.2) is 51.9 Å². The Labute approximate surface area is 210 Å². The smallest absolute Gasteiger partial charge is 0.336 e. The van der Waals surface area contributed by atoms with Crippen LogP contribution >= 0.6 is 11.6 Å². The van der Waals surface area contributed by atoms with Gasteiger partial charge in [-0.25, -0.2) is 4.79 Å². The maximum atomic E-state index is 13.8. The van der Waals surface area contributed by atoms with Gasteiger partial charge < -0.3 is 10.1 Å². The van der Waals surface area contributed by atoms with Crippen molar-refractivity contribution in [3.63, 3.8) is 0 Å². The zero-order chi connectivity index (χ0) is 25.9. The summed E-state index contributed by atoms with van der Waals surface area (Å²) in [5.41, 5.74) is 1.07. The van der Waals surface area contributed by atoms with Crippen LogP contribution < -0.4 is 5.32 Å². The van der Waals surface area contributed by atoms with E-state index in [2.05, 4.69) is 5.32 Å². The lowest BCUT2D eigenvalue weighted by atomic mass is 9.93. The summed E-state index contributed by atoms with van der Waals surface area (Å²) in [6, 6.07) is 13.1. The van der Waals surface area contributed by atoms with Gasteiger partial charge >= 0.3 is 6.03 Å². The first-order valence-corrected chi connectivity index (χ1v) is 11.7. The Morgan fingerprint density at radius 1 is 1.11 bits per heavy atom. The number of nitrogens with one attached hydrogen (secondary N) is 1. The molecule has 1 aliphatic rings. The number of halogens is 1. The van der Waals surface area contributed by atoms with Crippen molar-refractivity contribution < 1.29 is 23.9 Å². The standard InChI is InChI=1S/C26H30ClN3O5/c1-6-35-24-23(33)30(25(34)29(24)15-17-10-8-7-9-11-17)22(32)20(21(31)28-26(3,4)5)18-14-16(2)12-13-19(18)27/h7-14,20,24H,6,15H2,1-5H3,(H,28,31). The van der Waals surface area contributed by atoms with Gasteiger partial charge in [0.05, 0.1) is 6.54 Å². The lowest BCUT2D eigenvalue weighted by Gasteiger charge is -2.26. The van der Waals surface area contributed by atoms with Crippen molar-refractivity contribution in [2.24, 2.45) is 0 Å². The minimum Gasteiger partial charge on any atom is -0.351 e. The van der Waals surface area contributed by atoms with Crippen molar-refractivity contribution in [3.8, 4) is 0 Å². The molecule has 35 heavy (non-hydrogen) atoms. The third-order valence-electron chi connectivity index (χ3n) is 5.36. The van der Waals surface area contributed by atoms with Crippen molar-refractivity contribution in [1.29, 1.82) is 0 Å². The van der Waals surface area contributed by atoms with Crippen LogP contribution in [0.15, 0.2) is 48.5 Å². The average Bonchev–Trinajstić information content (AvgIpc) is 3.00. The van der Waals surface area contributed by atoms with Crippen LogP contribution in [0.2, 0.25) is 5.02 Å². The highest BCUT2D eigenvalue weighted by Crippen LogP contribution is 2.31. The minimum atomic E-state index is -1.51. The number of carbonyl (C=O) groups excluding carboxylic acids is 4. The Balaban J connectivity index is 2.03. The summed E-state index contributed by atoms with van der Waals surface area (Å²) in [5, 5.41) is 2.95. The summed E-state index contributed by atoms with van der Waals surface area (Å²) in [4.78, 5) is 55.5. The second-order valence-electron chi connectivity index (χ2n) is 9.41. The minimum absolute atomic E-state index is 0.0594. The molecule has 0 spiro atoms. The number of urea groups is 1. The summed E-state index contributed by atoms with van der Waals surface area (Å²) in [6.45, 7) is 8.99. The fourth-order valence-electron chi connectivity index (χ4n) is 3.86. The summed E-state index contributed by atoms with van der Waals surface area (Å²) in [6.07, 6.45) is -1.28. The third-order valence-corrected chi connectivity index (χ3v) is 5.71. The summed E-state index contributed by atoms with van der Waals surface area (Å²) >= 11 is 6.39. The van der Waals surface area contributed by atoms with Gasteiger partial charge in [-0.15, -0.1) is 0 Å². The number of hydrogen-bond donors (Lipinski definition) is 1. The molecule has 1 saturated heterocycles. The fraction of sp³-hybridized carbons (Fsp3) is 0.385. The predicted molar refractivity (Wildman–Crippen MR) is 131 cm³/mol. The van der Waals surface area contributed by atoms with Crippen LogP contribution in [0.3, 0.4) is 0 Å². The van der Waals surface area contributed by atoms with Crippen molar-refractivity contribution in [2.75, 3.05) is 6.61 Å². The highest BCUT2D eigenvalue weighted by Gasteiger charge is 2.52. The van der Waals surface area contributed by atoms with E-state index in [0.717, 1.165) is 11.1 Å². The number of imide groups is 3. The van der Waals surface area contributed by atoms with E-state index in [-0.39, 0.29) is 23.7 Å². The SMILES string of the molecule is CCOC1C(=O)N(C(=O)C(C(=O)NC(C)(C)C)c2cc(C)ccc2Cl)C(=O)N1Cc1ccccc1. The summed E-state index contributed by atoms with van der Waals surface area (Å²) in [5.74, 6) is -3.98. The van der Waals surface area contributed by atoms with E-state index in [1.165, 1.54) is 4.90 Å². The van der Waals surface area contributed by atoms with E-state index in [0.29, 0.717) is 4.90 Å². The molecule has 8 nitrogen and oxygen atoms in total. The molecular weight excluding hydrogens is 470 g/mol. The molecule has 0 radical (unpaired) electrons. The molecule has 186 valence electrons. The molecule has 2 aromatic rings. The van der Waals surface area contributed by atoms with E-state index < -0.39 is 41.4 Å². The number of benzene rings is 2. The number of nitrogens with zero attached hydrogens (tertiary/aromatic N) is 2. The Hall–Kier alpha value is -3.23. The molecule has 2 unspecified atom stereocenters. The molecule has 1 aliphatic heterocycles. The largest absolute Gasteiger partial charge is 0.351 e. The first-order chi connectivity index (χ1) is 16.4. The number of aryl methyl sites for hydroxylation is 1. The first kappa shape index (κ1) is 26.4. The summed E-state index contributed by atoms with van der Waals surface area (Å²) < 4.78 is 5.56. The average molecular weight is 500 g/mol. The van der Waals surface area contributed by atoms with Crippen molar-refractivity contribution >= 4 is 35.4 Å². The molecule has 1 heterocycles. The van der Waals surface area contributed by atoms with Gasteiger partial charge in [-0.2, -0.15) is 4.90 Å². The van der Waals surface area contributed by atoms with Crippen LogP contribution in [0.4, 0.5) is 4.79 Å². The monoisotopic (exact) mass is 499 g/mol. The molecule has 2 aromatic carbocycles. The molecule has 0 bridgehead atoms. The zero-order valence-corrected chi connectivity index (χ0v) is 21.3. The van der Waals surface area contributed by atoms with Crippen LogP contribution in [0.1, 0.15) is 50.3 Å². The maximum Gasteiger partial charge on any atom is 0.336 e. The van der Waals surface area contributed by atoms with Crippen LogP contribution in [0.25, 0.3) is 0 Å². The van der Waals surface area contributed by atoms with Crippen molar-refractivity contribution in [2.45, 2.75) is 58.8 Å². The molecule has 0 aliphatic carbocycles. The van der Waals surface area contributed by atoms with E-state index in [1.54, 1.807) is 65.0 Å². The van der Waals surface area contributed by atoms with E-state index >= 15 is 0 Å². The van der Waals surface area contributed by atoms with E-state index in [4.69, 9.17) is 16.3 Å². The number of amides is 5. The molecule has 3 rings (SSSR count). The molecule has 1 N–H and O–H groups in total. The second kappa shape index (κ2) is 10.6. The lowest BCUT2D eigenvalue weighted by Crippen LogP contribution is -2.49. The molecule has 9 heteroatoms. The van der Waals surface area contributed by atoms with Crippen molar-refractivity contribution in [1.82, 2.24) is 15.1 Å². The Morgan fingerprint density at radius 3 is 2.37 bits per heavy atom. The fourth-order valence-corrected chi connectivity index (χ4v) is 4.09. The molecule has 0 aromatic heterocycles. The summed E-state index contributed by atoms with van der Waals surface area (Å²) in [7, 11) is 0. The van der Waals surface area contributed by atoms with Gasteiger partial charge in [-0.05, 0) is 51.8 Å². The van der Waals surface area contributed by atoms with E-state index in [9.17, 15) is 19.2 Å². The molecule has 0 saturated carbocycles. The molecule has 1 fully saturated rings. The normalized spacial score (nSPS) is 17.0. The Morgan fingerprint density at radius 2 is 1.77 bits per heavy atom. The quantitative estimate of drug-likeness (QED) is 0.459.